The van der Waals surface area contributed by atoms with E-state index >= 15 is 0 Å². The smallest absolute Gasteiger partial charge is 0.339 e. The minimum absolute atomic E-state index is 0.336. The average Bonchev–Trinajstić information content (AvgIpc) is 2.53. The molecule has 1 saturated carbocycles. The second-order valence-electron chi connectivity index (χ2n) is 5.21. The maximum absolute atomic E-state index is 11.5. The van der Waals surface area contributed by atoms with Crippen molar-refractivity contribution in [1.29, 1.82) is 0 Å². The van der Waals surface area contributed by atoms with Crippen molar-refractivity contribution >= 4 is 11.8 Å². The van der Waals surface area contributed by atoms with E-state index in [0.717, 1.165) is 12.4 Å². The quantitative estimate of drug-likeness (QED) is 0.618. The summed E-state index contributed by atoms with van der Waals surface area (Å²) in [4.78, 5) is 15.7. The van der Waals surface area contributed by atoms with Crippen LogP contribution in [-0.2, 0) is 9.47 Å². The van der Waals surface area contributed by atoms with Gasteiger partial charge >= 0.3 is 5.97 Å². The Balaban J connectivity index is 1.67. The van der Waals surface area contributed by atoms with Crippen molar-refractivity contribution in [2.45, 2.75) is 45.1 Å². The fourth-order valence-electron chi connectivity index (χ4n) is 2.47. The lowest BCUT2D eigenvalue weighted by Gasteiger charge is -2.22. The maximum Gasteiger partial charge on any atom is 0.339 e. The zero-order valence-corrected chi connectivity index (χ0v) is 12.6. The molecule has 0 atom stereocenters. The van der Waals surface area contributed by atoms with Crippen molar-refractivity contribution in [3.05, 3.63) is 23.9 Å². The highest BCUT2D eigenvalue weighted by molar-refractivity contribution is 5.89. The Morgan fingerprint density at radius 1 is 1.33 bits per heavy atom. The number of pyridine rings is 1. The first-order valence-electron chi connectivity index (χ1n) is 7.78. The van der Waals surface area contributed by atoms with Gasteiger partial charge < -0.3 is 14.8 Å². The largest absolute Gasteiger partial charge is 0.462 e. The van der Waals surface area contributed by atoms with Crippen LogP contribution in [-0.4, -0.2) is 36.8 Å². The van der Waals surface area contributed by atoms with Gasteiger partial charge in [0.05, 0.1) is 24.9 Å². The molecule has 0 unspecified atom stereocenters. The van der Waals surface area contributed by atoms with Gasteiger partial charge in [-0.25, -0.2) is 9.78 Å². The molecule has 0 aliphatic heterocycles. The van der Waals surface area contributed by atoms with Crippen molar-refractivity contribution in [2.24, 2.45) is 0 Å². The van der Waals surface area contributed by atoms with Crippen molar-refractivity contribution in [3.8, 4) is 0 Å². The van der Waals surface area contributed by atoms with Crippen LogP contribution in [0.1, 0.15) is 49.4 Å². The molecule has 0 spiro atoms. The van der Waals surface area contributed by atoms with Gasteiger partial charge in [-0.3, -0.25) is 0 Å². The molecule has 21 heavy (non-hydrogen) atoms. The van der Waals surface area contributed by atoms with Crippen molar-refractivity contribution in [3.63, 3.8) is 0 Å². The van der Waals surface area contributed by atoms with Crippen LogP contribution >= 0.6 is 0 Å². The summed E-state index contributed by atoms with van der Waals surface area (Å²) in [5.74, 6) is 0.410. The van der Waals surface area contributed by atoms with Crippen LogP contribution in [0.2, 0.25) is 0 Å². The van der Waals surface area contributed by atoms with E-state index in [0.29, 0.717) is 24.9 Å². The second-order valence-corrected chi connectivity index (χ2v) is 5.21. The standard InChI is InChI=1S/C16H24N2O3/c1-2-20-16(19)13-8-9-15(18-12-13)17-10-11-21-14-6-4-3-5-7-14/h8-9,12,14H,2-7,10-11H2,1H3,(H,17,18). The number of hydrogen-bond donors (Lipinski definition) is 1. The van der Waals surface area contributed by atoms with E-state index in [2.05, 4.69) is 10.3 Å². The van der Waals surface area contributed by atoms with Crippen LogP contribution in [0, 0.1) is 0 Å². The number of carbonyl (C=O) groups excluding carboxylic acids is 1. The molecule has 0 radical (unpaired) electrons. The first kappa shape index (κ1) is 15.8. The Hall–Kier alpha value is -1.62. The van der Waals surface area contributed by atoms with Crippen molar-refractivity contribution in [1.82, 2.24) is 4.98 Å². The van der Waals surface area contributed by atoms with Crippen molar-refractivity contribution in [2.75, 3.05) is 25.1 Å². The monoisotopic (exact) mass is 292 g/mol. The average molecular weight is 292 g/mol. The summed E-state index contributed by atoms with van der Waals surface area (Å²) in [6.45, 7) is 3.57. The molecular formula is C16H24N2O3. The minimum atomic E-state index is -0.336. The summed E-state index contributed by atoms with van der Waals surface area (Å²) in [7, 11) is 0. The van der Waals surface area contributed by atoms with Crippen LogP contribution in [0.3, 0.4) is 0 Å². The van der Waals surface area contributed by atoms with Crippen LogP contribution in [0.4, 0.5) is 5.82 Å². The molecule has 116 valence electrons. The van der Waals surface area contributed by atoms with Crippen LogP contribution in [0.5, 0.6) is 0 Å². The SMILES string of the molecule is CCOC(=O)c1ccc(NCCOC2CCCCC2)nc1. The predicted octanol–water partition coefficient (Wildman–Crippen LogP) is 3.02. The highest BCUT2D eigenvalue weighted by Gasteiger charge is 2.13. The molecule has 2 rings (SSSR count). The topological polar surface area (TPSA) is 60.5 Å². The van der Waals surface area contributed by atoms with Gasteiger partial charge in [-0.05, 0) is 31.9 Å². The predicted molar refractivity (Wildman–Crippen MR) is 81.5 cm³/mol. The number of carbonyl (C=O) groups is 1. The van der Waals surface area contributed by atoms with Gasteiger partial charge in [-0.2, -0.15) is 0 Å². The molecule has 5 nitrogen and oxygen atoms in total. The highest BCUT2D eigenvalue weighted by atomic mass is 16.5. The van der Waals surface area contributed by atoms with Gasteiger partial charge in [0.25, 0.3) is 0 Å². The fraction of sp³-hybridized carbons (Fsp3) is 0.625. The number of aromatic nitrogens is 1. The van der Waals surface area contributed by atoms with Gasteiger partial charge in [0.2, 0.25) is 0 Å². The molecule has 1 fully saturated rings. The van der Waals surface area contributed by atoms with E-state index in [1.54, 1.807) is 19.1 Å². The third-order valence-corrected chi connectivity index (χ3v) is 3.59. The summed E-state index contributed by atoms with van der Waals surface area (Å²) in [6, 6.07) is 3.50. The first-order valence-corrected chi connectivity index (χ1v) is 7.78. The number of anilines is 1. The van der Waals surface area contributed by atoms with E-state index in [1.165, 1.54) is 38.3 Å². The van der Waals surface area contributed by atoms with E-state index in [9.17, 15) is 4.79 Å². The fourth-order valence-corrected chi connectivity index (χ4v) is 2.47. The summed E-state index contributed by atoms with van der Waals surface area (Å²) in [5, 5.41) is 3.19. The summed E-state index contributed by atoms with van der Waals surface area (Å²) in [6.07, 6.45) is 8.25. The molecule has 1 aliphatic rings. The second kappa shape index (κ2) is 8.62. The normalized spacial score (nSPS) is 15.7. The number of esters is 1. The van der Waals surface area contributed by atoms with Gasteiger partial charge in [0.15, 0.2) is 0 Å². The number of hydrogen-bond acceptors (Lipinski definition) is 5. The molecule has 1 aromatic rings. The van der Waals surface area contributed by atoms with E-state index in [-0.39, 0.29) is 5.97 Å². The lowest BCUT2D eigenvalue weighted by molar-refractivity contribution is 0.0347. The Morgan fingerprint density at radius 3 is 2.81 bits per heavy atom. The Morgan fingerprint density at radius 2 is 2.14 bits per heavy atom. The summed E-state index contributed by atoms with van der Waals surface area (Å²) >= 11 is 0. The maximum atomic E-state index is 11.5. The third kappa shape index (κ3) is 5.34. The highest BCUT2D eigenvalue weighted by Crippen LogP contribution is 2.20. The molecular weight excluding hydrogens is 268 g/mol. The molecule has 5 heteroatoms. The van der Waals surface area contributed by atoms with Crippen LogP contribution < -0.4 is 5.32 Å². The molecule has 1 N–H and O–H groups in total. The van der Waals surface area contributed by atoms with Gasteiger partial charge in [0.1, 0.15) is 5.82 Å². The zero-order valence-electron chi connectivity index (χ0n) is 12.6. The Labute approximate surface area is 126 Å². The van der Waals surface area contributed by atoms with Crippen molar-refractivity contribution < 1.29 is 14.3 Å². The summed E-state index contributed by atoms with van der Waals surface area (Å²) < 4.78 is 10.7. The lowest BCUT2D eigenvalue weighted by Crippen LogP contribution is -2.20. The molecule has 1 heterocycles. The lowest BCUT2D eigenvalue weighted by atomic mass is 9.98. The van der Waals surface area contributed by atoms with Gasteiger partial charge in [0, 0.05) is 12.7 Å². The molecule has 0 saturated heterocycles. The number of nitrogens with zero attached hydrogens (tertiary/aromatic N) is 1. The summed E-state index contributed by atoms with van der Waals surface area (Å²) in [5.41, 5.74) is 0.473. The van der Waals surface area contributed by atoms with Gasteiger partial charge in [-0.15, -0.1) is 0 Å². The number of rotatable bonds is 7. The van der Waals surface area contributed by atoms with E-state index in [1.807, 2.05) is 0 Å². The molecule has 1 aliphatic carbocycles. The third-order valence-electron chi connectivity index (χ3n) is 3.59. The molecule has 0 amide bonds. The molecule has 0 aromatic carbocycles. The van der Waals surface area contributed by atoms with Crippen LogP contribution in [0.15, 0.2) is 18.3 Å². The van der Waals surface area contributed by atoms with Crippen LogP contribution in [0.25, 0.3) is 0 Å². The zero-order chi connectivity index (χ0) is 14.9. The molecule has 0 bridgehead atoms. The minimum Gasteiger partial charge on any atom is -0.462 e. The Bertz CT molecular complexity index is 428. The Kier molecular flexibility index (Phi) is 6.47. The number of nitrogens with one attached hydrogen (secondary N) is 1. The van der Waals surface area contributed by atoms with E-state index in [4.69, 9.17) is 9.47 Å². The first-order chi connectivity index (χ1) is 10.3. The molecule has 1 aromatic heterocycles. The van der Waals surface area contributed by atoms with Gasteiger partial charge in [-0.1, -0.05) is 19.3 Å². The number of ether oxygens (including phenoxy) is 2. The van der Waals surface area contributed by atoms with E-state index < -0.39 is 0 Å².